The number of rotatable bonds is 5. The Morgan fingerprint density at radius 2 is 2.07 bits per heavy atom. The first-order valence-corrected chi connectivity index (χ1v) is 10.2. The van der Waals surface area contributed by atoms with Gasteiger partial charge >= 0.3 is 5.97 Å². The van der Waals surface area contributed by atoms with Crippen LogP contribution in [0.2, 0.25) is 0 Å². The molecule has 1 aliphatic heterocycles. The monoisotopic (exact) mass is 406 g/mol. The molecule has 1 saturated carbocycles. The molecule has 2 aliphatic rings. The first-order chi connectivity index (χ1) is 14.6. The standard InChI is InChI=1S/C22H22N4O4/c27-21(26-10-9-14-3-2-6-19(14)26)16-5-1-4-15(11-16)18-13-25(24-23-18)12-17-7-8-20(30-17)22(28)29/h1,4-5,7-8,11,13-14,19H,2-3,6,9-10,12H2,(H,28,29). The minimum atomic E-state index is -1.11. The molecule has 154 valence electrons. The van der Waals surface area contributed by atoms with Crippen LogP contribution in [0, 0.1) is 5.92 Å². The lowest BCUT2D eigenvalue weighted by Crippen LogP contribution is -2.35. The van der Waals surface area contributed by atoms with Crippen LogP contribution in [-0.4, -0.2) is 49.5 Å². The number of hydrogen-bond donors (Lipinski definition) is 1. The molecule has 2 fully saturated rings. The Hall–Kier alpha value is -3.42. The van der Waals surface area contributed by atoms with Gasteiger partial charge in [-0.25, -0.2) is 9.48 Å². The van der Waals surface area contributed by atoms with Crippen molar-refractivity contribution in [3.63, 3.8) is 0 Å². The van der Waals surface area contributed by atoms with E-state index in [1.165, 1.54) is 18.9 Å². The average Bonchev–Trinajstić information content (AvgIpc) is 3.52. The summed E-state index contributed by atoms with van der Waals surface area (Å²) in [6, 6.07) is 10.9. The molecule has 0 bridgehead atoms. The van der Waals surface area contributed by atoms with Crippen LogP contribution in [0.4, 0.5) is 0 Å². The normalized spacial score (nSPS) is 20.5. The maximum atomic E-state index is 13.1. The van der Waals surface area contributed by atoms with Gasteiger partial charge in [0.1, 0.15) is 18.0 Å². The van der Waals surface area contributed by atoms with Crippen molar-refractivity contribution in [1.82, 2.24) is 19.9 Å². The van der Waals surface area contributed by atoms with E-state index in [0.717, 1.165) is 24.9 Å². The Balaban J connectivity index is 1.33. The lowest BCUT2D eigenvalue weighted by atomic mass is 10.0. The van der Waals surface area contributed by atoms with Crippen molar-refractivity contribution in [1.29, 1.82) is 0 Å². The number of carbonyl (C=O) groups excluding carboxylic acids is 1. The first-order valence-electron chi connectivity index (χ1n) is 10.2. The van der Waals surface area contributed by atoms with Gasteiger partial charge in [-0.15, -0.1) is 5.10 Å². The van der Waals surface area contributed by atoms with Crippen LogP contribution in [0.15, 0.2) is 47.0 Å². The lowest BCUT2D eigenvalue weighted by molar-refractivity contribution is 0.0659. The van der Waals surface area contributed by atoms with Gasteiger partial charge in [-0.05, 0) is 49.4 Å². The number of carboxylic acids is 1. The van der Waals surface area contributed by atoms with Gasteiger partial charge in [0.2, 0.25) is 5.76 Å². The minimum absolute atomic E-state index is 0.0930. The highest BCUT2D eigenvalue weighted by molar-refractivity contribution is 5.95. The lowest BCUT2D eigenvalue weighted by Gasteiger charge is -2.24. The number of amides is 1. The van der Waals surface area contributed by atoms with Gasteiger partial charge in [-0.2, -0.15) is 0 Å². The molecule has 0 radical (unpaired) electrons. The second-order valence-electron chi connectivity index (χ2n) is 8.00. The van der Waals surface area contributed by atoms with Gasteiger partial charge in [0.25, 0.3) is 5.91 Å². The van der Waals surface area contributed by atoms with E-state index < -0.39 is 5.97 Å². The summed E-state index contributed by atoms with van der Waals surface area (Å²) < 4.78 is 6.85. The zero-order valence-electron chi connectivity index (χ0n) is 16.4. The van der Waals surface area contributed by atoms with E-state index in [0.29, 0.717) is 29.0 Å². The van der Waals surface area contributed by atoms with Crippen molar-refractivity contribution < 1.29 is 19.1 Å². The quantitative estimate of drug-likeness (QED) is 0.698. The molecule has 8 heteroatoms. The number of benzene rings is 1. The van der Waals surface area contributed by atoms with Gasteiger partial charge in [0.15, 0.2) is 0 Å². The third-order valence-electron chi connectivity index (χ3n) is 6.16. The van der Waals surface area contributed by atoms with Crippen molar-refractivity contribution in [3.05, 3.63) is 59.7 Å². The maximum absolute atomic E-state index is 13.1. The summed E-state index contributed by atoms with van der Waals surface area (Å²) in [7, 11) is 0. The topological polar surface area (TPSA) is 101 Å². The van der Waals surface area contributed by atoms with E-state index in [-0.39, 0.29) is 18.2 Å². The number of nitrogens with zero attached hydrogens (tertiary/aromatic N) is 4. The Morgan fingerprint density at radius 1 is 1.17 bits per heavy atom. The number of hydrogen-bond acceptors (Lipinski definition) is 5. The summed E-state index contributed by atoms with van der Waals surface area (Å²) in [5.74, 6) is 0.0236. The SMILES string of the molecule is O=C(O)c1ccc(Cn2cc(-c3cccc(C(=O)N4CCC5CCCC54)c3)nn2)o1. The Morgan fingerprint density at radius 3 is 2.90 bits per heavy atom. The summed E-state index contributed by atoms with van der Waals surface area (Å²) in [4.78, 5) is 26.1. The van der Waals surface area contributed by atoms with Gasteiger partial charge in [0.05, 0.1) is 6.20 Å². The molecule has 1 aliphatic carbocycles. The minimum Gasteiger partial charge on any atom is -0.475 e. The van der Waals surface area contributed by atoms with E-state index >= 15 is 0 Å². The summed E-state index contributed by atoms with van der Waals surface area (Å²) in [5, 5.41) is 17.3. The Kier molecular flexibility index (Phi) is 4.61. The van der Waals surface area contributed by atoms with E-state index in [1.54, 1.807) is 16.9 Å². The maximum Gasteiger partial charge on any atom is 0.371 e. The predicted molar refractivity (Wildman–Crippen MR) is 107 cm³/mol. The van der Waals surface area contributed by atoms with Gasteiger partial charge in [0, 0.05) is 23.7 Å². The molecule has 1 aromatic carbocycles. The van der Waals surface area contributed by atoms with Crippen molar-refractivity contribution in [2.75, 3.05) is 6.54 Å². The van der Waals surface area contributed by atoms with Crippen molar-refractivity contribution in [3.8, 4) is 11.3 Å². The van der Waals surface area contributed by atoms with E-state index in [2.05, 4.69) is 10.3 Å². The third-order valence-corrected chi connectivity index (χ3v) is 6.16. The number of fused-ring (bicyclic) bond motifs is 1. The second kappa shape index (κ2) is 7.44. The van der Waals surface area contributed by atoms with E-state index in [1.807, 2.05) is 29.2 Å². The molecule has 1 saturated heterocycles. The van der Waals surface area contributed by atoms with Crippen LogP contribution in [0.1, 0.15) is 52.4 Å². The molecule has 1 amide bonds. The fourth-order valence-corrected chi connectivity index (χ4v) is 4.71. The summed E-state index contributed by atoms with van der Waals surface area (Å²) >= 11 is 0. The highest BCUT2D eigenvalue weighted by Gasteiger charge is 2.40. The number of aromatic carboxylic acids is 1. The summed E-state index contributed by atoms with van der Waals surface area (Å²) in [5.41, 5.74) is 2.14. The molecular weight excluding hydrogens is 384 g/mol. The van der Waals surface area contributed by atoms with Crippen LogP contribution in [0.3, 0.4) is 0 Å². The largest absolute Gasteiger partial charge is 0.475 e. The Labute approximate surface area is 173 Å². The molecule has 1 N–H and O–H groups in total. The molecule has 2 unspecified atom stereocenters. The predicted octanol–water partition coefficient (Wildman–Crippen LogP) is 3.30. The molecule has 2 atom stereocenters. The molecule has 2 aromatic heterocycles. The van der Waals surface area contributed by atoms with Crippen molar-refractivity contribution in [2.24, 2.45) is 5.92 Å². The number of carboxylic acid groups (broad SMARTS) is 1. The smallest absolute Gasteiger partial charge is 0.371 e. The van der Waals surface area contributed by atoms with Gasteiger partial charge < -0.3 is 14.4 Å². The van der Waals surface area contributed by atoms with Crippen molar-refractivity contribution in [2.45, 2.75) is 38.3 Å². The van der Waals surface area contributed by atoms with Crippen LogP contribution in [0.25, 0.3) is 11.3 Å². The highest BCUT2D eigenvalue weighted by Crippen LogP contribution is 2.38. The zero-order chi connectivity index (χ0) is 20.7. The zero-order valence-corrected chi connectivity index (χ0v) is 16.4. The molecule has 0 spiro atoms. The van der Waals surface area contributed by atoms with Crippen LogP contribution >= 0.6 is 0 Å². The van der Waals surface area contributed by atoms with E-state index in [9.17, 15) is 9.59 Å². The van der Waals surface area contributed by atoms with Crippen LogP contribution in [-0.2, 0) is 6.54 Å². The van der Waals surface area contributed by atoms with Crippen molar-refractivity contribution >= 4 is 11.9 Å². The average molecular weight is 406 g/mol. The first kappa shape index (κ1) is 18.6. The molecule has 8 nitrogen and oxygen atoms in total. The number of aromatic nitrogens is 3. The van der Waals surface area contributed by atoms with Gasteiger partial charge in [-0.1, -0.05) is 23.8 Å². The Bertz CT molecular complexity index is 1100. The molecule has 5 rings (SSSR count). The second-order valence-corrected chi connectivity index (χ2v) is 8.00. The third kappa shape index (κ3) is 3.38. The number of likely N-dealkylation sites (tertiary alicyclic amines) is 1. The fourth-order valence-electron chi connectivity index (χ4n) is 4.71. The number of furan rings is 1. The summed E-state index contributed by atoms with van der Waals surface area (Å²) in [6.07, 6.45) is 6.43. The van der Waals surface area contributed by atoms with Crippen LogP contribution < -0.4 is 0 Å². The van der Waals surface area contributed by atoms with E-state index in [4.69, 9.17) is 9.52 Å². The van der Waals surface area contributed by atoms with Crippen LogP contribution in [0.5, 0.6) is 0 Å². The molecule has 3 heterocycles. The summed E-state index contributed by atoms with van der Waals surface area (Å²) in [6.45, 7) is 1.12. The molecule has 3 aromatic rings. The van der Waals surface area contributed by atoms with Gasteiger partial charge in [-0.3, -0.25) is 4.79 Å². The number of carbonyl (C=O) groups is 2. The fraction of sp³-hybridized carbons (Fsp3) is 0.364. The molecule has 30 heavy (non-hydrogen) atoms. The highest BCUT2D eigenvalue weighted by atomic mass is 16.4. The molecular formula is C22H22N4O4.